The standard InChI is InChI=1S/C34H31FN2S/c1-22-18-24(20-25-11-9-14-28-27-12-6-5-10-26(27)21-30(25)28)19-23(2)32(22)37-17-16-36-33(37)29-13-7-8-15-31(29)34(3,4)38-35/h5-19H,20-21H2,1-4H3. The predicted octanol–water partition coefficient (Wildman–Crippen LogP) is 9.17. The fourth-order valence-electron chi connectivity index (χ4n) is 6.06. The van der Waals surface area contributed by atoms with Crippen LogP contribution in [0, 0.1) is 13.8 Å². The number of aryl methyl sites for hydroxylation is 2. The Bertz CT molecular complexity index is 1640. The number of rotatable bonds is 6. The van der Waals surface area contributed by atoms with E-state index in [1.165, 1.54) is 44.5 Å². The Kier molecular flexibility index (Phi) is 6.23. The van der Waals surface area contributed by atoms with Gasteiger partial charge in [-0.15, -0.1) is 0 Å². The molecule has 0 bridgehead atoms. The summed E-state index contributed by atoms with van der Waals surface area (Å²) >= 11 is 0.370. The van der Waals surface area contributed by atoms with E-state index in [0.29, 0.717) is 12.1 Å². The van der Waals surface area contributed by atoms with E-state index in [1.807, 2.05) is 50.5 Å². The third kappa shape index (κ3) is 4.17. The van der Waals surface area contributed by atoms with Gasteiger partial charge in [-0.2, -0.15) is 3.89 Å². The van der Waals surface area contributed by atoms with E-state index in [4.69, 9.17) is 4.98 Å². The van der Waals surface area contributed by atoms with Crippen LogP contribution >= 0.6 is 12.1 Å². The molecule has 5 aromatic rings. The fourth-order valence-corrected chi connectivity index (χ4v) is 6.33. The first-order valence-corrected chi connectivity index (χ1v) is 13.8. The lowest BCUT2D eigenvalue weighted by Crippen LogP contribution is -2.13. The average molecular weight is 519 g/mol. The molecule has 0 amide bonds. The third-order valence-corrected chi connectivity index (χ3v) is 8.39. The van der Waals surface area contributed by atoms with Gasteiger partial charge in [-0.25, -0.2) is 4.98 Å². The molecule has 1 aromatic heterocycles. The van der Waals surface area contributed by atoms with Crippen molar-refractivity contribution in [3.8, 4) is 28.2 Å². The monoisotopic (exact) mass is 518 g/mol. The van der Waals surface area contributed by atoms with E-state index < -0.39 is 4.75 Å². The number of aromatic nitrogens is 2. The topological polar surface area (TPSA) is 17.8 Å². The molecule has 0 atom stereocenters. The summed E-state index contributed by atoms with van der Waals surface area (Å²) in [5.41, 5.74) is 13.7. The highest BCUT2D eigenvalue weighted by atomic mass is 32.2. The number of imidazole rings is 1. The first-order chi connectivity index (χ1) is 18.4. The van der Waals surface area contributed by atoms with Gasteiger partial charge in [0.1, 0.15) is 5.82 Å². The SMILES string of the molecule is Cc1cc(Cc2cccc3c2Cc2ccccc2-3)cc(C)c1-n1ccnc1-c1ccccc1C(C)(C)SF. The van der Waals surface area contributed by atoms with Crippen LogP contribution in [0.1, 0.15) is 52.8 Å². The molecule has 0 fully saturated rings. The molecule has 0 saturated carbocycles. The molecule has 2 nitrogen and oxygen atoms in total. The zero-order chi connectivity index (χ0) is 26.4. The highest BCUT2D eigenvalue weighted by Gasteiger charge is 2.27. The second-order valence-electron chi connectivity index (χ2n) is 10.8. The van der Waals surface area contributed by atoms with Crippen molar-refractivity contribution in [3.63, 3.8) is 0 Å². The number of halogens is 1. The van der Waals surface area contributed by atoms with Crippen molar-refractivity contribution in [2.75, 3.05) is 0 Å². The van der Waals surface area contributed by atoms with Gasteiger partial charge >= 0.3 is 0 Å². The normalized spacial score (nSPS) is 12.4. The maximum Gasteiger partial charge on any atom is 0.144 e. The number of fused-ring (bicyclic) bond motifs is 3. The number of hydrogen-bond acceptors (Lipinski definition) is 2. The van der Waals surface area contributed by atoms with Gasteiger partial charge in [-0.1, -0.05) is 78.9 Å². The lowest BCUT2D eigenvalue weighted by atomic mass is 9.93. The van der Waals surface area contributed by atoms with E-state index in [-0.39, 0.29) is 0 Å². The van der Waals surface area contributed by atoms with Gasteiger partial charge in [-0.3, -0.25) is 4.57 Å². The molecule has 0 saturated heterocycles. The molecular formula is C34H31FN2S. The van der Waals surface area contributed by atoms with E-state index in [9.17, 15) is 3.89 Å². The Morgan fingerprint density at radius 3 is 2.32 bits per heavy atom. The van der Waals surface area contributed by atoms with Crippen molar-refractivity contribution in [2.45, 2.75) is 45.3 Å². The zero-order valence-corrected chi connectivity index (χ0v) is 23.1. The van der Waals surface area contributed by atoms with Gasteiger partial charge in [0.25, 0.3) is 0 Å². The van der Waals surface area contributed by atoms with E-state index >= 15 is 0 Å². The summed E-state index contributed by atoms with van der Waals surface area (Å²) < 4.78 is 15.4. The van der Waals surface area contributed by atoms with Crippen LogP contribution in [0.2, 0.25) is 0 Å². The van der Waals surface area contributed by atoms with Gasteiger partial charge < -0.3 is 0 Å². The highest BCUT2D eigenvalue weighted by molar-refractivity contribution is 7.95. The molecule has 0 aliphatic heterocycles. The van der Waals surface area contributed by atoms with Gasteiger partial charge in [0.05, 0.1) is 22.6 Å². The molecule has 0 radical (unpaired) electrons. The predicted molar refractivity (Wildman–Crippen MR) is 158 cm³/mol. The minimum Gasteiger partial charge on any atom is -0.299 e. The molecule has 0 N–H and O–H groups in total. The summed E-state index contributed by atoms with van der Waals surface area (Å²) in [7, 11) is 0. The summed E-state index contributed by atoms with van der Waals surface area (Å²) in [6.45, 7) is 8.17. The van der Waals surface area contributed by atoms with Gasteiger partial charge in [0.15, 0.2) is 0 Å². The van der Waals surface area contributed by atoms with Crippen LogP contribution in [-0.4, -0.2) is 9.55 Å². The lowest BCUT2D eigenvalue weighted by molar-refractivity contribution is 0.742. The molecule has 4 aromatic carbocycles. The van der Waals surface area contributed by atoms with E-state index in [1.54, 1.807) is 0 Å². The van der Waals surface area contributed by atoms with Crippen molar-refractivity contribution in [2.24, 2.45) is 0 Å². The first-order valence-electron chi connectivity index (χ1n) is 13.1. The van der Waals surface area contributed by atoms with Crippen LogP contribution in [0.4, 0.5) is 3.89 Å². The number of benzene rings is 4. The van der Waals surface area contributed by atoms with Crippen LogP contribution in [0.25, 0.3) is 28.2 Å². The summed E-state index contributed by atoms with van der Waals surface area (Å²) in [6.07, 6.45) is 5.75. The molecule has 0 spiro atoms. The van der Waals surface area contributed by atoms with Crippen molar-refractivity contribution >= 4 is 12.1 Å². The van der Waals surface area contributed by atoms with Crippen molar-refractivity contribution in [1.29, 1.82) is 0 Å². The maximum atomic E-state index is 13.9. The lowest BCUT2D eigenvalue weighted by Gasteiger charge is -2.24. The van der Waals surface area contributed by atoms with Crippen molar-refractivity contribution in [3.05, 3.63) is 130 Å². The highest BCUT2D eigenvalue weighted by Crippen LogP contribution is 2.42. The Morgan fingerprint density at radius 2 is 1.55 bits per heavy atom. The fraction of sp³-hybridized carbons (Fsp3) is 0.206. The molecule has 190 valence electrons. The largest absolute Gasteiger partial charge is 0.299 e. The molecular weight excluding hydrogens is 487 g/mol. The van der Waals surface area contributed by atoms with Crippen LogP contribution in [0.5, 0.6) is 0 Å². The number of hydrogen-bond donors (Lipinski definition) is 0. The minimum absolute atomic E-state index is 0.370. The zero-order valence-electron chi connectivity index (χ0n) is 22.3. The average Bonchev–Trinajstić information content (AvgIpc) is 3.54. The van der Waals surface area contributed by atoms with Gasteiger partial charge in [0.2, 0.25) is 0 Å². The van der Waals surface area contributed by atoms with Crippen molar-refractivity contribution in [1.82, 2.24) is 9.55 Å². The molecule has 38 heavy (non-hydrogen) atoms. The second kappa shape index (κ2) is 9.59. The Hall–Kier alpha value is -3.63. The molecule has 1 heterocycles. The molecule has 0 unspecified atom stereocenters. The smallest absolute Gasteiger partial charge is 0.144 e. The van der Waals surface area contributed by atoms with Crippen molar-refractivity contribution < 1.29 is 3.89 Å². The molecule has 1 aliphatic carbocycles. The maximum absolute atomic E-state index is 13.9. The minimum atomic E-state index is -0.670. The Labute approximate surface area is 228 Å². The molecule has 1 aliphatic rings. The van der Waals surface area contributed by atoms with E-state index in [2.05, 4.69) is 73.0 Å². The van der Waals surface area contributed by atoms with Crippen LogP contribution in [0.3, 0.4) is 0 Å². The summed E-state index contributed by atoms with van der Waals surface area (Å²) in [6, 6.07) is 28.1. The van der Waals surface area contributed by atoms with Crippen LogP contribution in [0.15, 0.2) is 91.3 Å². The summed E-state index contributed by atoms with van der Waals surface area (Å²) in [4.78, 5) is 4.73. The van der Waals surface area contributed by atoms with Crippen LogP contribution in [-0.2, 0) is 17.6 Å². The van der Waals surface area contributed by atoms with E-state index in [0.717, 1.165) is 35.5 Å². The van der Waals surface area contributed by atoms with Crippen LogP contribution < -0.4 is 0 Å². The summed E-state index contributed by atoms with van der Waals surface area (Å²) in [5.74, 6) is 0.834. The van der Waals surface area contributed by atoms with Gasteiger partial charge in [-0.05, 0) is 90.6 Å². The first kappa shape index (κ1) is 24.7. The Morgan fingerprint density at radius 1 is 0.868 bits per heavy atom. The molecule has 6 rings (SSSR count). The number of nitrogens with zero attached hydrogens (tertiary/aromatic N) is 2. The molecule has 4 heteroatoms. The summed E-state index contributed by atoms with van der Waals surface area (Å²) in [5, 5.41) is 0. The quantitative estimate of drug-likeness (QED) is 0.219. The second-order valence-corrected chi connectivity index (χ2v) is 12.0. The Balaban J connectivity index is 1.37. The van der Waals surface area contributed by atoms with Gasteiger partial charge in [0, 0.05) is 18.0 Å². The third-order valence-electron chi connectivity index (χ3n) is 7.78.